The van der Waals surface area contributed by atoms with E-state index in [1.165, 1.54) is 33.2 Å². The summed E-state index contributed by atoms with van der Waals surface area (Å²) in [5.41, 5.74) is 18.7. The molecule has 0 radical (unpaired) electrons. The molecule has 0 aliphatic heterocycles. The van der Waals surface area contributed by atoms with Gasteiger partial charge in [0.15, 0.2) is 5.82 Å². The maximum absolute atomic E-state index is 5.35. The topological polar surface area (TPSA) is 25.8 Å². The molecule has 0 bridgehead atoms. The highest BCUT2D eigenvalue weighted by atomic mass is 14.9. The molecule has 0 saturated carbocycles. The Labute approximate surface area is 374 Å². The summed E-state index contributed by atoms with van der Waals surface area (Å²) in [4.78, 5) is 10.6. The van der Waals surface area contributed by atoms with Crippen LogP contribution in [-0.4, -0.2) is 9.97 Å². The van der Waals surface area contributed by atoms with Crippen molar-refractivity contribution in [3.63, 3.8) is 0 Å². The van der Waals surface area contributed by atoms with Crippen LogP contribution in [0.4, 0.5) is 0 Å². The zero-order chi connectivity index (χ0) is 42.7. The maximum Gasteiger partial charge on any atom is 0.160 e. The first kappa shape index (κ1) is 38.5. The van der Waals surface area contributed by atoms with Gasteiger partial charge in [-0.05, 0) is 89.7 Å². The molecule has 2 heteroatoms. The van der Waals surface area contributed by atoms with Crippen LogP contribution in [-0.2, 0) is 0 Å². The van der Waals surface area contributed by atoms with E-state index in [0.717, 1.165) is 72.4 Å². The minimum atomic E-state index is 0.686. The van der Waals surface area contributed by atoms with Crippen LogP contribution in [0.25, 0.3) is 111 Å². The second-order valence-electron chi connectivity index (χ2n) is 16.0. The monoisotopic (exact) mass is 814 g/mol. The van der Waals surface area contributed by atoms with Gasteiger partial charge in [-0.15, -0.1) is 0 Å². The molecule has 0 aliphatic rings. The predicted molar refractivity (Wildman–Crippen MR) is 268 cm³/mol. The third-order valence-electron chi connectivity index (χ3n) is 12.1. The van der Waals surface area contributed by atoms with Crippen LogP contribution >= 0.6 is 0 Å². The number of rotatable bonds is 9. The Kier molecular flexibility index (Phi) is 10.3. The Balaban J connectivity index is 1.27. The fraction of sp³-hybridized carbons (Fsp3) is 0. The van der Waals surface area contributed by atoms with Gasteiger partial charge in [-0.2, -0.15) is 0 Å². The van der Waals surface area contributed by atoms with Crippen molar-refractivity contribution in [1.82, 2.24) is 9.97 Å². The summed E-state index contributed by atoms with van der Waals surface area (Å²) in [5, 5.41) is 2.33. The van der Waals surface area contributed by atoms with Crippen LogP contribution < -0.4 is 0 Å². The van der Waals surface area contributed by atoms with Crippen LogP contribution in [0.15, 0.2) is 255 Å². The van der Waals surface area contributed by atoms with Gasteiger partial charge in [-0.3, -0.25) is 0 Å². The Morgan fingerprint density at radius 1 is 0.219 bits per heavy atom. The number of aromatic nitrogens is 2. The van der Waals surface area contributed by atoms with E-state index in [1.807, 2.05) is 18.2 Å². The smallest absolute Gasteiger partial charge is 0.160 e. The van der Waals surface area contributed by atoms with Crippen LogP contribution in [0.2, 0.25) is 0 Å². The summed E-state index contributed by atoms with van der Waals surface area (Å²) in [5.74, 6) is 0.686. The molecule has 0 aliphatic carbocycles. The Morgan fingerprint density at radius 2 is 0.547 bits per heavy atom. The molecule has 64 heavy (non-hydrogen) atoms. The lowest BCUT2D eigenvalue weighted by Gasteiger charge is -2.29. The van der Waals surface area contributed by atoms with Crippen molar-refractivity contribution in [2.75, 3.05) is 0 Å². The van der Waals surface area contributed by atoms with E-state index in [4.69, 9.17) is 9.97 Å². The first-order valence-corrected chi connectivity index (χ1v) is 21.8. The van der Waals surface area contributed by atoms with Crippen molar-refractivity contribution >= 4 is 10.8 Å². The summed E-state index contributed by atoms with van der Waals surface area (Å²) in [6.45, 7) is 0. The summed E-state index contributed by atoms with van der Waals surface area (Å²) < 4.78 is 0. The van der Waals surface area contributed by atoms with Gasteiger partial charge in [-0.1, -0.05) is 243 Å². The normalized spacial score (nSPS) is 11.1. The van der Waals surface area contributed by atoms with Crippen LogP contribution in [0.1, 0.15) is 0 Å². The molecule has 0 saturated heterocycles. The van der Waals surface area contributed by atoms with Crippen molar-refractivity contribution in [2.45, 2.75) is 0 Å². The number of hydrogen-bond acceptors (Lipinski definition) is 2. The largest absolute Gasteiger partial charge is 0.228 e. The molecule has 10 aromatic carbocycles. The fourth-order valence-electron chi connectivity index (χ4n) is 9.24. The Bertz CT molecular complexity index is 3280. The number of hydrogen-bond donors (Lipinski definition) is 0. The van der Waals surface area contributed by atoms with E-state index in [-0.39, 0.29) is 0 Å². The zero-order valence-corrected chi connectivity index (χ0v) is 35.1. The van der Waals surface area contributed by atoms with Crippen molar-refractivity contribution in [3.05, 3.63) is 255 Å². The average molecular weight is 815 g/mol. The molecule has 1 aromatic heterocycles. The minimum absolute atomic E-state index is 0.686. The van der Waals surface area contributed by atoms with Gasteiger partial charge in [0.05, 0.1) is 11.4 Å². The average Bonchev–Trinajstić information content (AvgIpc) is 3.39. The van der Waals surface area contributed by atoms with E-state index >= 15 is 0 Å². The lowest BCUT2D eigenvalue weighted by molar-refractivity contribution is 1.18. The standard InChI is InChI=1S/C62H42N2/c1-7-24-44(25-8-1)56-57(45-26-9-2-10-27-45)59(47-30-13-4-14-31-47)61(60(48-32-15-5-16-33-48)58(56)46-28-11-3-12-29-46)51-38-21-37-50(41-51)54-42-55(64-62(63-54)49-34-17-6-18-35-49)53-40-22-36-43-23-19-20-39-52(43)53/h1-42H. The molecule has 11 aromatic rings. The van der Waals surface area contributed by atoms with Gasteiger partial charge >= 0.3 is 0 Å². The van der Waals surface area contributed by atoms with Gasteiger partial charge in [0.2, 0.25) is 0 Å². The summed E-state index contributed by atoms with van der Waals surface area (Å²) >= 11 is 0. The minimum Gasteiger partial charge on any atom is -0.228 e. The van der Waals surface area contributed by atoms with Crippen molar-refractivity contribution in [3.8, 4) is 101 Å². The fourth-order valence-corrected chi connectivity index (χ4v) is 9.24. The molecular weight excluding hydrogens is 773 g/mol. The summed E-state index contributed by atoms with van der Waals surface area (Å²) in [7, 11) is 0. The number of nitrogens with zero attached hydrogens (tertiary/aromatic N) is 2. The SMILES string of the molecule is c1ccc(-c2nc(-c3cccc(-c4c(-c5ccccc5)c(-c5ccccc5)c(-c5ccccc5)c(-c5ccccc5)c4-c4ccccc4)c3)cc(-c3cccc4ccccc34)n2)cc1. The van der Waals surface area contributed by atoms with Crippen molar-refractivity contribution in [2.24, 2.45) is 0 Å². The Hall–Kier alpha value is -8.46. The highest BCUT2D eigenvalue weighted by Gasteiger charge is 2.29. The van der Waals surface area contributed by atoms with E-state index in [9.17, 15) is 0 Å². The van der Waals surface area contributed by atoms with Crippen LogP contribution in [0.3, 0.4) is 0 Å². The maximum atomic E-state index is 5.35. The molecule has 0 amide bonds. The van der Waals surface area contributed by atoms with Gasteiger partial charge in [0.1, 0.15) is 0 Å². The quantitative estimate of drug-likeness (QED) is 0.145. The summed E-state index contributed by atoms with van der Waals surface area (Å²) in [6, 6.07) is 91.0. The number of benzene rings is 10. The molecular formula is C62H42N2. The second-order valence-corrected chi connectivity index (χ2v) is 16.0. The highest BCUT2D eigenvalue weighted by Crippen LogP contribution is 2.56. The molecule has 300 valence electrons. The molecule has 0 spiro atoms. The molecule has 0 fully saturated rings. The van der Waals surface area contributed by atoms with Gasteiger partial charge < -0.3 is 0 Å². The van der Waals surface area contributed by atoms with Gasteiger partial charge in [-0.25, -0.2) is 9.97 Å². The lowest BCUT2D eigenvalue weighted by Crippen LogP contribution is -2.02. The van der Waals surface area contributed by atoms with E-state index < -0.39 is 0 Å². The first-order valence-electron chi connectivity index (χ1n) is 21.8. The molecule has 11 rings (SSSR count). The predicted octanol–water partition coefficient (Wildman–Crippen LogP) is 16.6. The van der Waals surface area contributed by atoms with Gasteiger partial charge in [0.25, 0.3) is 0 Å². The van der Waals surface area contributed by atoms with Crippen molar-refractivity contribution < 1.29 is 0 Å². The first-order chi connectivity index (χ1) is 31.8. The third kappa shape index (κ3) is 7.27. The molecule has 0 N–H and O–H groups in total. The van der Waals surface area contributed by atoms with Gasteiger partial charge in [0, 0.05) is 16.7 Å². The van der Waals surface area contributed by atoms with Crippen LogP contribution in [0.5, 0.6) is 0 Å². The lowest BCUT2D eigenvalue weighted by atomic mass is 9.74. The molecule has 2 nitrogen and oxygen atoms in total. The number of fused-ring (bicyclic) bond motifs is 1. The molecule has 0 atom stereocenters. The van der Waals surface area contributed by atoms with E-state index in [1.54, 1.807) is 0 Å². The van der Waals surface area contributed by atoms with E-state index in [0.29, 0.717) is 5.82 Å². The Morgan fingerprint density at radius 3 is 1.02 bits per heavy atom. The molecule has 0 unspecified atom stereocenters. The highest BCUT2D eigenvalue weighted by molar-refractivity contribution is 6.15. The van der Waals surface area contributed by atoms with E-state index in [2.05, 4.69) is 237 Å². The third-order valence-corrected chi connectivity index (χ3v) is 12.1. The van der Waals surface area contributed by atoms with Crippen molar-refractivity contribution in [1.29, 1.82) is 0 Å². The zero-order valence-electron chi connectivity index (χ0n) is 35.1. The summed E-state index contributed by atoms with van der Waals surface area (Å²) in [6.07, 6.45) is 0. The van der Waals surface area contributed by atoms with Crippen LogP contribution in [0, 0.1) is 0 Å². The second kappa shape index (κ2) is 17.1. The molecule has 1 heterocycles.